The molecule has 0 bridgehead atoms. The third-order valence-corrected chi connectivity index (χ3v) is 1.81. The summed E-state index contributed by atoms with van der Waals surface area (Å²) in [6.45, 7) is 3.19. The molecule has 0 aromatic carbocycles. The molecule has 0 aliphatic heterocycles. The molecule has 0 aromatic heterocycles. The van der Waals surface area contributed by atoms with Gasteiger partial charge in [-0.1, -0.05) is 19.8 Å². The van der Waals surface area contributed by atoms with Crippen molar-refractivity contribution >= 4 is 5.91 Å². The quantitative estimate of drug-likeness (QED) is 0.469. The number of hydrogen-bond acceptors (Lipinski definition) is 3. The van der Waals surface area contributed by atoms with Gasteiger partial charge in [0.25, 0.3) is 0 Å². The second kappa shape index (κ2) is 10.5. The Hall–Kier alpha value is -0.610. The largest absolute Gasteiger partial charge is 0.355 e. The lowest BCUT2D eigenvalue weighted by molar-refractivity contribution is -0.120. The van der Waals surface area contributed by atoms with Crippen LogP contribution in [-0.2, 0) is 4.79 Å². The van der Waals surface area contributed by atoms with Gasteiger partial charge in [-0.2, -0.15) is 0 Å². The molecule has 4 nitrogen and oxygen atoms in total. The average Bonchev–Trinajstić information content (AvgIpc) is 2.24. The Morgan fingerprint density at radius 3 is 2.86 bits per heavy atom. The molecule has 84 valence electrons. The second-order valence-electron chi connectivity index (χ2n) is 3.22. The summed E-state index contributed by atoms with van der Waals surface area (Å²) < 4.78 is 7.57. The standard InChI is InChI=1S/C10H23N3O/c1-2-3-4-7-12-9-10(14)13-8-5-6-11/h12H,2-9,11H2,1H3,(H,13,14)/i7D/t7-/m1/s1. The zero-order valence-electron chi connectivity index (χ0n) is 10.0. The van der Waals surface area contributed by atoms with Crippen molar-refractivity contribution in [3.05, 3.63) is 0 Å². The van der Waals surface area contributed by atoms with Gasteiger partial charge in [0, 0.05) is 7.92 Å². The fourth-order valence-corrected chi connectivity index (χ4v) is 0.965. The normalized spacial score (nSPS) is 13.4. The topological polar surface area (TPSA) is 67.2 Å². The van der Waals surface area contributed by atoms with Crippen molar-refractivity contribution in [3.63, 3.8) is 0 Å². The maximum Gasteiger partial charge on any atom is 0.233 e. The van der Waals surface area contributed by atoms with Gasteiger partial charge in [0.15, 0.2) is 0 Å². The minimum absolute atomic E-state index is 0.0581. The number of rotatable bonds is 9. The van der Waals surface area contributed by atoms with Crippen molar-refractivity contribution in [1.29, 1.82) is 0 Å². The van der Waals surface area contributed by atoms with E-state index in [-0.39, 0.29) is 19.0 Å². The first kappa shape index (κ1) is 11.5. The van der Waals surface area contributed by atoms with E-state index in [9.17, 15) is 4.79 Å². The molecule has 4 heteroatoms. The summed E-state index contributed by atoms with van der Waals surface area (Å²) in [5.74, 6) is -0.0581. The fraction of sp³-hybridized carbons (Fsp3) is 0.900. The summed E-state index contributed by atoms with van der Waals surface area (Å²) in [5, 5.41) is 5.60. The van der Waals surface area contributed by atoms with Crippen LogP contribution in [0.1, 0.15) is 34.0 Å². The van der Waals surface area contributed by atoms with Crippen molar-refractivity contribution in [3.8, 4) is 0 Å². The van der Waals surface area contributed by atoms with Crippen LogP contribution in [0.15, 0.2) is 0 Å². The molecule has 0 spiro atoms. The van der Waals surface area contributed by atoms with Gasteiger partial charge in [-0.25, -0.2) is 0 Å². The molecule has 0 heterocycles. The zero-order chi connectivity index (χ0) is 11.5. The van der Waals surface area contributed by atoms with Gasteiger partial charge in [0.05, 0.1) is 6.54 Å². The molecule has 1 amide bonds. The number of nitrogens with one attached hydrogen (secondary N) is 2. The lowest BCUT2D eigenvalue weighted by Gasteiger charge is -2.05. The Bertz CT molecular complexity index is 167. The van der Waals surface area contributed by atoms with Crippen LogP contribution in [0.5, 0.6) is 0 Å². The molecule has 0 rings (SSSR count). The van der Waals surface area contributed by atoms with Gasteiger partial charge in [-0.05, 0) is 25.9 Å². The minimum atomic E-state index is -0.329. The molecule has 14 heavy (non-hydrogen) atoms. The summed E-state index contributed by atoms with van der Waals surface area (Å²) in [7, 11) is 0. The maximum absolute atomic E-state index is 11.2. The van der Waals surface area contributed by atoms with E-state index in [1.165, 1.54) is 0 Å². The van der Waals surface area contributed by atoms with Gasteiger partial charge >= 0.3 is 0 Å². The third-order valence-electron chi connectivity index (χ3n) is 1.81. The van der Waals surface area contributed by atoms with Crippen molar-refractivity contribution in [1.82, 2.24) is 10.6 Å². The molecule has 0 saturated heterocycles. The lowest BCUT2D eigenvalue weighted by atomic mass is 10.2. The highest BCUT2D eigenvalue weighted by molar-refractivity contribution is 5.77. The van der Waals surface area contributed by atoms with Crippen LogP contribution in [0.4, 0.5) is 0 Å². The Kier molecular flexibility index (Phi) is 8.57. The van der Waals surface area contributed by atoms with E-state index in [2.05, 4.69) is 17.6 Å². The molecule has 1 atom stereocenters. The summed E-state index contributed by atoms with van der Waals surface area (Å²) >= 11 is 0. The van der Waals surface area contributed by atoms with Crippen LogP contribution in [0.3, 0.4) is 0 Å². The van der Waals surface area contributed by atoms with Crippen LogP contribution in [0.25, 0.3) is 0 Å². The Labute approximate surface area is 88.0 Å². The van der Waals surface area contributed by atoms with Crippen molar-refractivity contribution in [2.45, 2.75) is 32.6 Å². The molecule has 0 fully saturated rings. The number of hydrogen-bond donors (Lipinski definition) is 3. The van der Waals surface area contributed by atoms with Crippen LogP contribution >= 0.6 is 0 Å². The monoisotopic (exact) mass is 202 g/mol. The number of nitrogens with two attached hydrogens (primary N) is 1. The van der Waals surface area contributed by atoms with Gasteiger partial charge in [-0.15, -0.1) is 0 Å². The van der Waals surface area contributed by atoms with E-state index < -0.39 is 0 Å². The van der Waals surface area contributed by atoms with E-state index in [4.69, 9.17) is 7.10 Å². The lowest BCUT2D eigenvalue weighted by Crippen LogP contribution is -2.35. The van der Waals surface area contributed by atoms with Gasteiger partial charge in [0.1, 0.15) is 0 Å². The van der Waals surface area contributed by atoms with Gasteiger partial charge in [-0.3, -0.25) is 4.79 Å². The van der Waals surface area contributed by atoms with E-state index in [0.717, 1.165) is 25.7 Å². The summed E-state index contributed by atoms with van der Waals surface area (Å²) in [5.41, 5.74) is 5.29. The summed E-state index contributed by atoms with van der Waals surface area (Å²) in [4.78, 5) is 11.2. The fourth-order valence-electron chi connectivity index (χ4n) is 0.965. The SMILES string of the molecule is [2H][C@H](CCCC)NCC(=O)NCCCN. The van der Waals surface area contributed by atoms with E-state index in [1.54, 1.807) is 0 Å². The highest BCUT2D eigenvalue weighted by Gasteiger charge is 1.97. The van der Waals surface area contributed by atoms with E-state index >= 15 is 0 Å². The zero-order valence-corrected chi connectivity index (χ0v) is 9.01. The van der Waals surface area contributed by atoms with Crippen LogP contribution in [0.2, 0.25) is 0 Å². The first-order valence-electron chi connectivity index (χ1n) is 5.90. The number of unbranched alkanes of at least 4 members (excludes halogenated alkanes) is 1. The van der Waals surface area contributed by atoms with E-state index in [1.807, 2.05) is 0 Å². The highest BCUT2D eigenvalue weighted by atomic mass is 16.1. The molecule has 0 radical (unpaired) electrons. The molecule has 0 unspecified atom stereocenters. The second-order valence-corrected chi connectivity index (χ2v) is 3.22. The molecule has 4 N–H and O–H groups in total. The van der Waals surface area contributed by atoms with Gasteiger partial charge < -0.3 is 16.4 Å². The number of amides is 1. The maximum atomic E-state index is 11.2. The van der Waals surface area contributed by atoms with Crippen molar-refractivity contribution in [2.75, 3.05) is 26.2 Å². The molecule has 0 aliphatic carbocycles. The average molecular weight is 202 g/mol. The molecular weight excluding hydrogens is 178 g/mol. The van der Waals surface area contributed by atoms with Crippen LogP contribution in [-0.4, -0.2) is 32.1 Å². The Morgan fingerprint density at radius 2 is 2.21 bits per heavy atom. The number of carbonyl (C=O) groups excluding carboxylic acids is 1. The molecule has 0 aliphatic rings. The molecule has 0 saturated carbocycles. The smallest absolute Gasteiger partial charge is 0.233 e. The Morgan fingerprint density at radius 1 is 1.43 bits per heavy atom. The van der Waals surface area contributed by atoms with Crippen molar-refractivity contribution < 1.29 is 6.17 Å². The number of carbonyl (C=O) groups is 1. The predicted octanol–water partition coefficient (Wildman–Crippen LogP) is 0.231. The van der Waals surface area contributed by atoms with Crippen LogP contribution in [0, 0.1) is 0 Å². The summed E-state index contributed by atoms with van der Waals surface area (Å²) in [6, 6.07) is 0. The van der Waals surface area contributed by atoms with Crippen molar-refractivity contribution in [2.24, 2.45) is 5.73 Å². The minimum Gasteiger partial charge on any atom is -0.355 e. The first-order chi connectivity index (χ1) is 7.20. The molecular formula is C10H23N3O. The summed E-state index contributed by atoms with van der Waals surface area (Å²) in [6.07, 6.45) is 3.70. The first-order valence-corrected chi connectivity index (χ1v) is 5.33. The molecule has 0 aromatic rings. The third kappa shape index (κ3) is 9.48. The van der Waals surface area contributed by atoms with E-state index in [0.29, 0.717) is 13.1 Å². The van der Waals surface area contributed by atoms with Crippen LogP contribution < -0.4 is 16.4 Å². The Balaban J connectivity index is 3.36. The predicted molar refractivity (Wildman–Crippen MR) is 59.1 cm³/mol. The highest BCUT2D eigenvalue weighted by Crippen LogP contribution is 1.90. The van der Waals surface area contributed by atoms with Gasteiger partial charge in [0.2, 0.25) is 5.91 Å².